The van der Waals surface area contributed by atoms with E-state index in [1.165, 1.54) is 25.3 Å². The fourth-order valence-corrected chi connectivity index (χ4v) is 7.47. The summed E-state index contributed by atoms with van der Waals surface area (Å²) in [5.74, 6) is 0. The molecule has 3 heteroatoms. The van der Waals surface area contributed by atoms with Crippen LogP contribution >= 0.6 is 11.3 Å². The maximum atomic E-state index is 4.95. The lowest BCUT2D eigenvalue weighted by molar-refractivity contribution is 1.52. The summed E-state index contributed by atoms with van der Waals surface area (Å²) < 4.78 is 2.60. The Bertz CT molecular complexity index is 933. The molecule has 0 N–H and O–H groups in total. The number of nitrogens with zero attached hydrogens (tertiary/aromatic N) is 1. The molecule has 0 aliphatic rings. The Labute approximate surface area is 135 Å². The van der Waals surface area contributed by atoms with Crippen molar-refractivity contribution in [2.75, 3.05) is 0 Å². The van der Waals surface area contributed by atoms with Crippen LogP contribution in [0.25, 0.3) is 21.0 Å². The van der Waals surface area contributed by atoms with Gasteiger partial charge in [0.15, 0.2) is 0 Å². The molecule has 1 heterocycles. The number of benzene rings is 3. The van der Waals surface area contributed by atoms with Gasteiger partial charge in [-0.1, -0.05) is 67.7 Å². The van der Waals surface area contributed by atoms with Gasteiger partial charge in [0, 0.05) is 0 Å². The van der Waals surface area contributed by atoms with Crippen LogP contribution < -0.4 is 9.82 Å². The second-order valence-corrected chi connectivity index (χ2v) is 11.8. The van der Waals surface area contributed by atoms with Crippen LogP contribution in [0.5, 0.6) is 0 Å². The van der Waals surface area contributed by atoms with E-state index < -0.39 is 8.07 Å². The first-order chi connectivity index (χ1) is 10.7. The summed E-state index contributed by atoms with van der Waals surface area (Å²) in [4.78, 5) is 4.95. The molecule has 4 aromatic rings. The number of para-hydroxylation sites is 1. The molecule has 1 nitrogen and oxygen atoms in total. The van der Waals surface area contributed by atoms with Gasteiger partial charge >= 0.3 is 0 Å². The molecule has 0 saturated heterocycles. The van der Waals surface area contributed by atoms with Crippen molar-refractivity contribution in [3.8, 4) is 0 Å². The lowest BCUT2D eigenvalue weighted by Crippen LogP contribution is -2.53. The Kier molecular flexibility index (Phi) is 3.13. The number of hydrogen-bond acceptors (Lipinski definition) is 2. The molecular formula is C19H17NSSi. The van der Waals surface area contributed by atoms with Crippen molar-refractivity contribution >= 4 is 50.2 Å². The molecule has 108 valence electrons. The van der Waals surface area contributed by atoms with Gasteiger partial charge in [0.2, 0.25) is 0 Å². The molecule has 0 saturated carbocycles. The monoisotopic (exact) mass is 319 g/mol. The molecule has 0 spiro atoms. The summed E-state index contributed by atoms with van der Waals surface area (Å²) in [6.45, 7) is 4.82. The fraction of sp³-hybridized carbons (Fsp3) is 0.105. The van der Waals surface area contributed by atoms with Crippen molar-refractivity contribution in [3.63, 3.8) is 0 Å². The zero-order valence-electron chi connectivity index (χ0n) is 12.7. The predicted octanol–water partition coefficient (Wildman–Crippen LogP) is 4.27. The quantitative estimate of drug-likeness (QED) is 0.503. The third kappa shape index (κ3) is 2.09. The van der Waals surface area contributed by atoms with E-state index >= 15 is 0 Å². The van der Waals surface area contributed by atoms with Crippen LogP contribution in [0.4, 0.5) is 0 Å². The average molecular weight is 320 g/mol. The highest BCUT2D eigenvalue weighted by atomic mass is 32.1. The second kappa shape index (κ2) is 5.04. The van der Waals surface area contributed by atoms with E-state index in [-0.39, 0.29) is 0 Å². The molecule has 22 heavy (non-hydrogen) atoms. The maximum Gasteiger partial charge on any atom is 0.149 e. The van der Waals surface area contributed by atoms with Crippen molar-refractivity contribution in [2.45, 2.75) is 13.1 Å². The number of fused-ring (bicyclic) bond motifs is 2. The SMILES string of the molecule is C[Si](C)(c1nc2ccccc2s1)c1cccc2ccccc12. The number of hydrogen-bond donors (Lipinski definition) is 0. The average Bonchev–Trinajstić information content (AvgIpc) is 2.99. The molecule has 4 rings (SSSR count). The van der Waals surface area contributed by atoms with Crippen molar-refractivity contribution in [3.05, 3.63) is 66.7 Å². The summed E-state index contributed by atoms with van der Waals surface area (Å²) in [6, 6.07) is 23.8. The van der Waals surface area contributed by atoms with Gasteiger partial charge in [-0.05, 0) is 28.1 Å². The van der Waals surface area contributed by atoms with E-state index in [0.717, 1.165) is 5.52 Å². The minimum absolute atomic E-state index is 1.13. The van der Waals surface area contributed by atoms with E-state index in [1.54, 1.807) is 0 Å². The molecule has 3 aromatic carbocycles. The third-order valence-corrected chi connectivity index (χ3v) is 9.94. The smallest absolute Gasteiger partial charge is 0.149 e. The Morgan fingerprint density at radius 1 is 0.818 bits per heavy atom. The summed E-state index contributed by atoms with van der Waals surface area (Å²) in [6.07, 6.45) is 0. The van der Waals surface area contributed by atoms with Gasteiger partial charge in [-0.2, -0.15) is 0 Å². The topological polar surface area (TPSA) is 12.9 Å². The lowest BCUT2D eigenvalue weighted by Gasteiger charge is -2.22. The zero-order valence-corrected chi connectivity index (χ0v) is 14.5. The summed E-state index contributed by atoms with van der Waals surface area (Å²) in [7, 11) is -1.80. The van der Waals surface area contributed by atoms with Crippen molar-refractivity contribution in [1.82, 2.24) is 4.98 Å². The van der Waals surface area contributed by atoms with Crippen LogP contribution in [0.3, 0.4) is 0 Å². The molecule has 0 atom stereocenters. The Morgan fingerprint density at radius 2 is 1.55 bits per heavy atom. The van der Waals surface area contributed by atoms with Gasteiger partial charge in [0.05, 0.1) is 14.8 Å². The van der Waals surface area contributed by atoms with Gasteiger partial charge in [0.1, 0.15) is 8.07 Å². The Balaban J connectivity index is 1.95. The highest BCUT2D eigenvalue weighted by Gasteiger charge is 2.31. The molecule has 0 aliphatic heterocycles. The molecule has 0 bridgehead atoms. The minimum Gasteiger partial charge on any atom is -0.246 e. The Hall–Kier alpha value is -1.97. The van der Waals surface area contributed by atoms with Crippen molar-refractivity contribution in [1.29, 1.82) is 0 Å². The van der Waals surface area contributed by atoms with Gasteiger partial charge in [0.25, 0.3) is 0 Å². The van der Waals surface area contributed by atoms with Crippen LogP contribution in [0.2, 0.25) is 13.1 Å². The van der Waals surface area contributed by atoms with Crippen molar-refractivity contribution < 1.29 is 0 Å². The van der Waals surface area contributed by atoms with Crippen LogP contribution in [0, 0.1) is 0 Å². The largest absolute Gasteiger partial charge is 0.246 e. The van der Waals surface area contributed by atoms with Crippen molar-refractivity contribution in [2.24, 2.45) is 0 Å². The van der Waals surface area contributed by atoms with Crippen LogP contribution in [-0.4, -0.2) is 13.1 Å². The van der Waals surface area contributed by atoms with E-state index in [0.29, 0.717) is 0 Å². The third-order valence-electron chi connectivity index (χ3n) is 4.29. The first kappa shape index (κ1) is 13.7. The first-order valence-electron chi connectivity index (χ1n) is 7.50. The van der Waals surface area contributed by atoms with Crippen LogP contribution in [0.15, 0.2) is 66.7 Å². The summed E-state index contributed by atoms with van der Waals surface area (Å²) in [5.41, 5.74) is 1.13. The molecule has 0 amide bonds. The van der Waals surface area contributed by atoms with E-state index in [9.17, 15) is 0 Å². The normalized spacial score (nSPS) is 12.1. The van der Waals surface area contributed by atoms with E-state index in [1.807, 2.05) is 11.3 Å². The summed E-state index contributed by atoms with van der Waals surface area (Å²) in [5, 5.41) is 4.17. The van der Waals surface area contributed by atoms with Gasteiger partial charge in [-0.15, -0.1) is 11.3 Å². The number of rotatable bonds is 2. The van der Waals surface area contributed by atoms with Gasteiger partial charge in [-0.25, -0.2) is 4.98 Å². The lowest BCUT2D eigenvalue weighted by atomic mass is 10.1. The predicted molar refractivity (Wildman–Crippen MR) is 100 cm³/mol. The fourth-order valence-electron chi connectivity index (χ4n) is 3.03. The van der Waals surface area contributed by atoms with Gasteiger partial charge in [-0.3, -0.25) is 0 Å². The van der Waals surface area contributed by atoms with Crippen LogP contribution in [0.1, 0.15) is 0 Å². The standard InChI is InChI=1S/C19H17NSSi/c1-22(2,19-20-16-11-5-6-12-17(16)21-19)18-13-7-9-14-8-3-4-10-15(14)18/h3-13H,1-2H3. The Morgan fingerprint density at radius 3 is 2.41 bits per heavy atom. The molecule has 0 fully saturated rings. The number of thiazole rings is 1. The molecular weight excluding hydrogens is 302 g/mol. The molecule has 0 unspecified atom stereocenters. The molecule has 0 radical (unpaired) electrons. The maximum absolute atomic E-state index is 4.95. The molecule has 0 aliphatic carbocycles. The van der Waals surface area contributed by atoms with Crippen LogP contribution in [-0.2, 0) is 0 Å². The minimum atomic E-state index is -1.80. The zero-order chi connectivity index (χ0) is 15.2. The highest BCUT2D eigenvalue weighted by molar-refractivity contribution is 7.32. The van der Waals surface area contributed by atoms with E-state index in [2.05, 4.69) is 79.8 Å². The molecule has 1 aromatic heterocycles. The number of aromatic nitrogens is 1. The summed E-state index contributed by atoms with van der Waals surface area (Å²) >= 11 is 1.86. The van der Waals surface area contributed by atoms with E-state index in [4.69, 9.17) is 4.98 Å². The highest BCUT2D eigenvalue weighted by Crippen LogP contribution is 2.21. The van der Waals surface area contributed by atoms with Gasteiger partial charge < -0.3 is 0 Å². The first-order valence-corrected chi connectivity index (χ1v) is 11.3. The second-order valence-electron chi connectivity index (χ2n) is 6.14.